The molecule has 6 nitrogen and oxygen atoms in total. The van der Waals surface area contributed by atoms with Crippen molar-refractivity contribution in [2.75, 3.05) is 11.4 Å². The molecule has 2 heterocycles. The van der Waals surface area contributed by atoms with E-state index in [1.165, 1.54) is 12.5 Å². The number of carbonyl (C=O) groups excluding carboxylic acids is 2. The van der Waals surface area contributed by atoms with Crippen molar-refractivity contribution >= 4 is 17.5 Å². The van der Waals surface area contributed by atoms with E-state index < -0.39 is 0 Å². The van der Waals surface area contributed by atoms with Crippen molar-refractivity contribution in [3.05, 3.63) is 78.1 Å². The molecular weight excluding hydrogens is 320 g/mol. The van der Waals surface area contributed by atoms with Crippen molar-refractivity contribution in [3.8, 4) is 0 Å². The molecule has 1 N–H and O–H groups in total. The molecule has 0 radical (unpaired) electrons. The van der Waals surface area contributed by atoms with E-state index in [1.54, 1.807) is 29.4 Å². The zero-order chi connectivity index (χ0) is 17.6. The maximum Gasteiger partial charge on any atom is 0.254 e. The third kappa shape index (κ3) is 4.17. The summed E-state index contributed by atoms with van der Waals surface area (Å²) in [6, 6.07) is 12.7. The monoisotopic (exact) mass is 338 g/mol. The third-order valence-electron chi connectivity index (χ3n) is 3.72. The summed E-state index contributed by atoms with van der Waals surface area (Å²) in [5, 5.41) is 2.61. The molecule has 1 aromatic carbocycles. The van der Waals surface area contributed by atoms with E-state index in [9.17, 15) is 9.59 Å². The number of anilines is 1. The lowest BCUT2D eigenvalue weighted by Gasteiger charge is -2.22. The quantitative estimate of drug-likeness (QED) is 0.749. The second-order valence-corrected chi connectivity index (χ2v) is 5.59. The minimum absolute atomic E-state index is 0.126. The Kier molecular flexibility index (Phi) is 4.99. The first-order valence-electron chi connectivity index (χ1n) is 7.83. The molecule has 0 fully saturated rings. The van der Waals surface area contributed by atoms with Gasteiger partial charge in [0.15, 0.2) is 0 Å². The van der Waals surface area contributed by atoms with Crippen molar-refractivity contribution in [2.45, 2.75) is 13.5 Å². The Balaban J connectivity index is 1.72. The van der Waals surface area contributed by atoms with Crippen LogP contribution in [0.4, 0.5) is 5.69 Å². The zero-order valence-corrected chi connectivity index (χ0v) is 13.8. The first-order chi connectivity index (χ1) is 12.1. The van der Waals surface area contributed by atoms with Gasteiger partial charge in [0, 0.05) is 5.69 Å². The predicted molar refractivity (Wildman–Crippen MR) is 92.1 cm³/mol. The molecule has 6 heteroatoms. The molecule has 3 aromatic rings. The van der Waals surface area contributed by atoms with E-state index >= 15 is 0 Å². The van der Waals surface area contributed by atoms with Gasteiger partial charge in [-0.1, -0.05) is 17.7 Å². The summed E-state index contributed by atoms with van der Waals surface area (Å²) in [6.45, 7) is 2.14. The van der Waals surface area contributed by atoms with Crippen molar-refractivity contribution in [1.82, 2.24) is 5.32 Å². The van der Waals surface area contributed by atoms with Crippen LogP contribution in [-0.4, -0.2) is 18.4 Å². The molecule has 25 heavy (non-hydrogen) atoms. The summed E-state index contributed by atoms with van der Waals surface area (Å²) in [7, 11) is 0. The fraction of sp³-hybridized carbons (Fsp3) is 0.158. The number of amides is 2. The van der Waals surface area contributed by atoms with Crippen molar-refractivity contribution in [3.63, 3.8) is 0 Å². The maximum absolute atomic E-state index is 12.7. The van der Waals surface area contributed by atoms with Gasteiger partial charge in [-0.25, -0.2) is 0 Å². The first-order valence-corrected chi connectivity index (χ1v) is 7.83. The fourth-order valence-electron chi connectivity index (χ4n) is 2.35. The summed E-state index contributed by atoms with van der Waals surface area (Å²) in [6.07, 6.45) is 4.31. The molecule has 0 spiro atoms. The van der Waals surface area contributed by atoms with Gasteiger partial charge in [-0.15, -0.1) is 0 Å². The van der Waals surface area contributed by atoms with Crippen molar-refractivity contribution in [2.24, 2.45) is 0 Å². The second kappa shape index (κ2) is 7.53. The van der Waals surface area contributed by atoms with E-state index in [1.807, 2.05) is 31.2 Å². The van der Waals surface area contributed by atoms with E-state index in [-0.39, 0.29) is 24.9 Å². The molecule has 0 aliphatic carbocycles. The average Bonchev–Trinajstić information content (AvgIpc) is 3.31. The zero-order valence-electron chi connectivity index (χ0n) is 13.8. The Hall–Kier alpha value is -3.28. The maximum atomic E-state index is 12.7. The van der Waals surface area contributed by atoms with Gasteiger partial charge in [0.1, 0.15) is 12.0 Å². The lowest BCUT2D eigenvalue weighted by molar-refractivity contribution is -0.117. The Morgan fingerprint density at radius 1 is 1.08 bits per heavy atom. The molecule has 0 saturated heterocycles. The van der Waals surface area contributed by atoms with Gasteiger partial charge in [0.05, 0.1) is 31.2 Å². The highest BCUT2D eigenvalue weighted by molar-refractivity contribution is 6.00. The number of aryl methyl sites for hydroxylation is 1. The summed E-state index contributed by atoms with van der Waals surface area (Å²) in [5.74, 6) is 0.0659. The number of nitrogens with zero attached hydrogens (tertiary/aromatic N) is 1. The molecule has 0 bridgehead atoms. The normalized spacial score (nSPS) is 10.4. The minimum atomic E-state index is -0.357. The second-order valence-electron chi connectivity index (χ2n) is 5.59. The summed E-state index contributed by atoms with van der Waals surface area (Å²) >= 11 is 0. The topological polar surface area (TPSA) is 75.7 Å². The predicted octanol–water partition coefficient (Wildman–Crippen LogP) is 3.14. The number of hydrogen-bond donors (Lipinski definition) is 1. The van der Waals surface area contributed by atoms with Crippen molar-refractivity contribution < 1.29 is 18.4 Å². The minimum Gasteiger partial charge on any atom is -0.472 e. The van der Waals surface area contributed by atoms with Crippen LogP contribution in [0.25, 0.3) is 0 Å². The summed E-state index contributed by atoms with van der Waals surface area (Å²) < 4.78 is 10.2. The molecule has 0 aliphatic rings. The third-order valence-corrected chi connectivity index (χ3v) is 3.72. The highest BCUT2D eigenvalue weighted by Crippen LogP contribution is 2.18. The molecule has 2 aromatic heterocycles. The summed E-state index contributed by atoms with van der Waals surface area (Å²) in [5.41, 5.74) is 2.22. The van der Waals surface area contributed by atoms with Crippen molar-refractivity contribution in [1.29, 1.82) is 0 Å². The molecule has 2 amide bonds. The van der Waals surface area contributed by atoms with E-state index in [0.717, 1.165) is 11.3 Å². The molecule has 128 valence electrons. The van der Waals surface area contributed by atoms with Crippen LogP contribution in [0.15, 0.2) is 70.1 Å². The van der Waals surface area contributed by atoms with Gasteiger partial charge in [-0.2, -0.15) is 0 Å². The van der Waals surface area contributed by atoms with Gasteiger partial charge in [0.25, 0.3) is 5.91 Å². The number of carbonyl (C=O) groups is 2. The van der Waals surface area contributed by atoms with Crippen LogP contribution in [-0.2, 0) is 11.3 Å². The lowest BCUT2D eigenvalue weighted by Crippen LogP contribution is -2.39. The number of hydrogen-bond acceptors (Lipinski definition) is 4. The average molecular weight is 338 g/mol. The van der Waals surface area contributed by atoms with Gasteiger partial charge in [-0.3, -0.25) is 9.59 Å². The molecule has 0 unspecified atom stereocenters. The van der Waals surface area contributed by atoms with Crippen LogP contribution < -0.4 is 10.2 Å². The Morgan fingerprint density at radius 2 is 1.88 bits per heavy atom. The molecule has 0 aliphatic heterocycles. The standard InChI is InChI=1S/C19H18N2O4/c1-14-4-6-16(7-5-14)21(12-17-3-2-9-25-17)18(22)11-20-19(23)15-8-10-24-13-15/h2-10,13H,11-12H2,1H3,(H,20,23). The van der Waals surface area contributed by atoms with Crippen LogP contribution >= 0.6 is 0 Å². The van der Waals surface area contributed by atoms with Crippen LogP contribution in [0.2, 0.25) is 0 Å². The Bertz CT molecular complexity index is 821. The van der Waals surface area contributed by atoms with E-state index in [0.29, 0.717) is 11.3 Å². The van der Waals surface area contributed by atoms with Gasteiger partial charge >= 0.3 is 0 Å². The molecule has 0 atom stereocenters. The summed E-state index contributed by atoms with van der Waals surface area (Å²) in [4.78, 5) is 26.2. The number of benzene rings is 1. The lowest BCUT2D eigenvalue weighted by atomic mass is 10.2. The van der Waals surface area contributed by atoms with Gasteiger partial charge in [0.2, 0.25) is 5.91 Å². The highest BCUT2D eigenvalue weighted by Gasteiger charge is 2.18. The van der Waals surface area contributed by atoms with Gasteiger partial charge < -0.3 is 19.1 Å². The van der Waals surface area contributed by atoms with E-state index in [4.69, 9.17) is 8.83 Å². The van der Waals surface area contributed by atoms with Crippen LogP contribution in [0.1, 0.15) is 21.7 Å². The van der Waals surface area contributed by atoms with Crippen LogP contribution in [0, 0.1) is 6.92 Å². The first kappa shape index (κ1) is 16.6. The molecule has 3 rings (SSSR count). The SMILES string of the molecule is Cc1ccc(N(Cc2ccco2)C(=O)CNC(=O)c2ccoc2)cc1. The number of rotatable bonds is 6. The highest BCUT2D eigenvalue weighted by atomic mass is 16.3. The van der Waals surface area contributed by atoms with Crippen LogP contribution in [0.3, 0.4) is 0 Å². The number of nitrogens with one attached hydrogen (secondary N) is 1. The van der Waals surface area contributed by atoms with E-state index in [2.05, 4.69) is 5.32 Å². The number of furan rings is 2. The smallest absolute Gasteiger partial charge is 0.254 e. The Morgan fingerprint density at radius 3 is 2.52 bits per heavy atom. The molecule has 0 saturated carbocycles. The van der Waals surface area contributed by atoms with Gasteiger partial charge in [-0.05, 0) is 37.3 Å². The molecular formula is C19H18N2O4. The Labute approximate surface area is 145 Å². The fourth-order valence-corrected chi connectivity index (χ4v) is 2.35. The van der Waals surface area contributed by atoms with Crippen LogP contribution in [0.5, 0.6) is 0 Å². The largest absolute Gasteiger partial charge is 0.472 e.